The van der Waals surface area contributed by atoms with Crippen molar-refractivity contribution < 1.29 is 9.53 Å². The highest BCUT2D eigenvalue weighted by Gasteiger charge is 2.22. The maximum Gasteiger partial charge on any atom is 0.261 e. The third-order valence-corrected chi connectivity index (χ3v) is 3.51. The first-order chi connectivity index (χ1) is 9.20. The maximum absolute atomic E-state index is 12.0. The molecule has 0 spiro atoms. The molecule has 1 saturated heterocycles. The molecule has 1 aromatic rings. The summed E-state index contributed by atoms with van der Waals surface area (Å²) in [4.78, 5) is 12.0. The summed E-state index contributed by atoms with van der Waals surface area (Å²) in [5.74, 6) is 1.02. The van der Waals surface area contributed by atoms with Crippen LogP contribution in [0.25, 0.3) is 0 Å². The van der Waals surface area contributed by atoms with Gasteiger partial charge in [-0.1, -0.05) is 30.7 Å². The van der Waals surface area contributed by atoms with Gasteiger partial charge in [-0.3, -0.25) is 4.79 Å². The summed E-state index contributed by atoms with van der Waals surface area (Å²) in [5.41, 5.74) is 0. The Hall–Kier alpha value is -0.970. The van der Waals surface area contributed by atoms with Crippen molar-refractivity contribution >= 4 is 29.9 Å². The highest BCUT2D eigenvalue weighted by Crippen LogP contribution is 2.24. The van der Waals surface area contributed by atoms with Crippen LogP contribution in [0.1, 0.15) is 13.3 Å². The van der Waals surface area contributed by atoms with Crippen molar-refractivity contribution in [1.29, 1.82) is 0 Å². The second-order valence-electron chi connectivity index (χ2n) is 4.71. The van der Waals surface area contributed by atoms with Crippen LogP contribution in [0, 0.1) is 5.92 Å². The molecule has 1 fully saturated rings. The number of carbonyl (C=O) groups excluding carboxylic acids is 1. The van der Waals surface area contributed by atoms with Gasteiger partial charge >= 0.3 is 0 Å². The van der Waals surface area contributed by atoms with Crippen LogP contribution in [0.4, 0.5) is 0 Å². The van der Waals surface area contributed by atoms with Gasteiger partial charge in [-0.05, 0) is 18.6 Å². The van der Waals surface area contributed by atoms with Gasteiger partial charge in [0.1, 0.15) is 5.75 Å². The van der Waals surface area contributed by atoms with Gasteiger partial charge in [-0.25, -0.2) is 0 Å². The molecular formula is C14H20Cl2N2O2. The summed E-state index contributed by atoms with van der Waals surface area (Å²) in [7, 11) is 0. The van der Waals surface area contributed by atoms with Crippen LogP contribution in [-0.4, -0.2) is 31.6 Å². The zero-order valence-corrected chi connectivity index (χ0v) is 13.0. The molecule has 1 heterocycles. The number of para-hydroxylation sites is 1. The van der Waals surface area contributed by atoms with E-state index in [4.69, 9.17) is 16.3 Å². The van der Waals surface area contributed by atoms with E-state index in [0.29, 0.717) is 29.7 Å². The Morgan fingerprint density at radius 3 is 2.75 bits per heavy atom. The fourth-order valence-electron chi connectivity index (χ4n) is 1.87. The Balaban J connectivity index is 0.00000200. The topological polar surface area (TPSA) is 50.4 Å². The van der Waals surface area contributed by atoms with Crippen LogP contribution >= 0.6 is 24.0 Å². The average molecular weight is 319 g/mol. The number of nitrogens with one attached hydrogen (secondary N) is 2. The molecule has 20 heavy (non-hydrogen) atoms. The first-order valence-electron chi connectivity index (χ1n) is 6.60. The van der Waals surface area contributed by atoms with Crippen molar-refractivity contribution in [3.05, 3.63) is 29.3 Å². The SMILES string of the molecule is CCC(Oc1ccccc1Cl)C(=O)NCC1CNC1.Cl. The van der Waals surface area contributed by atoms with Gasteiger partial charge in [0, 0.05) is 25.6 Å². The minimum Gasteiger partial charge on any atom is -0.479 e. The van der Waals surface area contributed by atoms with E-state index in [1.807, 2.05) is 19.1 Å². The lowest BCUT2D eigenvalue weighted by atomic mass is 10.0. The molecule has 2 N–H and O–H groups in total. The van der Waals surface area contributed by atoms with E-state index in [-0.39, 0.29) is 18.3 Å². The summed E-state index contributed by atoms with van der Waals surface area (Å²) in [6.45, 7) is 4.57. The van der Waals surface area contributed by atoms with Gasteiger partial charge in [-0.2, -0.15) is 0 Å². The van der Waals surface area contributed by atoms with E-state index >= 15 is 0 Å². The van der Waals surface area contributed by atoms with E-state index < -0.39 is 6.10 Å². The number of hydrogen-bond acceptors (Lipinski definition) is 3. The van der Waals surface area contributed by atoms with E-state index in [2.05, 4.69) is 10.6 Å². The van der Waals surface area contributed by atoms with Gasteiger partial charge in [0.25, 0.3) is 5.91 Å². The Kier molecular flexibility index (Phi) is 7.13. The molecular weight excluding hydrogens is 299 g/mol. The van der Waals surface area contributed by atoms with Crippen molar-refractivity contribution in [1.82, 2.24) is 10.6 Å². The van der Waals surface area contributed by atoms with Crippen molar-refractivity contribution in [2.75, 3.05) is 19.6 Å². The molecule has 0 bridgehead atoms. The van der Waals surface area contributed by atoms with Gasteiger partial charge in [0.15, 0.2) is 6.10 Å². The molecule has 1 aromatic carbocycles. The fraction of sp³-hybridized carbons (Fsp3) is 0.500. The summed E-state index contributed by atoms with van der Waals surface area (Å²) in [5, 5.41) is 6.63. The van der Waals surface area contributed by atoms with Gasteiger partial charge < -0.3 is 15.4 Å². The fourth-order valence-corrected chi connectivity index (χ4v) is 2.05. The van der Waals surface area contributed by atoms with Crippen molar-refractivity contribution in [3.63, 3.8) is 0 Å². The van der Waals surface area contributed by atoms with Gasteiger partial charge in [0.2, 0.25) is 0 Å². The van der Waals surface area contributed by atoms with Crippen LogP contribution in [0.2, 0.25) is 5.02 Å². The lowest BCUT2D eigenvalue weighted by molar-refractivity contribution is -0.128. The second kappa shape index (κ2) is 8.35. The van der Waals surface area contributed by atoms with Crippen molar-refractivity contribution in [3.8, 4) is 5.75 Å². The Morgan fingerprint density at radius 1 is 1.50 bits per heavy atom. The zero-order chi connectivity index (χ0) is 13.7. The first-order valence-corrected chi connectivity index (χ1v) is 6.98. The summed E-state index contributed by atoms with van der Waals surface area (Å²) in [6.07, 6.45) is 0.118. The van der Waals surface area contributed by atoms with Crippen LogP contribution in [0.15, 0.2) is 24.3 Å². The zero-order valence-electron chi connectivity index (χ0n) is 11.4. The van der Waals surface area contributed by atoms with Crippen LogP contribution in [0.5, 0.6) is 5.75 Å². The monoisotopic (exact) mass is 318 g/mol. The molecule has 6 heteroatoms. The Labute approximate surface area is 130 Å². The lowest BCUT2D eigenvalue weighted by Gasteiger charge is -2.28. The van der Waals surface area contributed by atoms with Crippen molar-refractivity contribution in [2.45, 2.75) is 19.4 Å². The number of halogens is 2. The molecule has 0 aliphatic carbocycles. The lowest BCUT2D eigenvalue weighted by Crippen LogP contribution is -2.50. The highest BCUT2D eigenvalue weighted by molar-refractivity contribution is 6.32. The second-order valence-corrected chi connectivity index (χ2v) is 5.12. The quantitative estimate of drug-likeness (QED) is 0.846. The summed E-state index contributed by atoms with van der Waals surface area (Å²) >= 11 is 6.02. The molecule has 2 rings (SSSR count). The van der Waals surface area contributed by atoms with Gasteiger partial charge in [-0.15, -0.1) is 12.4 Å². The number of hydrogen-bond donors (Lipinski definition) is 2. The standard InChI is InChI=1S/C14H19ClN2O2.ClH/c1-2-12(14(18)17-9-10-7-16-8-10)19-13-6-4-3-5-11(13)15;/h3-6,10,12,16H,2,7-9H2,1H3,(H,17,18);1H. The first kappa shape index (κ1) is 17.1. The van der Waals surface area contributed by atoms with Crippen LogP contribution < -0.4 is 15.4 Å². The van der Waals surface area contributed by atoms with Crippen molar-refractivity contribution in [2.24, 2.45) is 5.92 Å². The number of rotatable bonds is 6. The molecule has 0 saturated carbocycles. The predicted octanol–water partition coefficient (Wildman–Crippen LogP) is 2.25. The third-order valence-electron chi connectivity index (χ3n) is 3.20. The average Bonchev–Trinajstić information content (AvgIpc) is 2.35. The number of ether oxygens (including phenoxy) is 1. The molecule has 1 aliphatic heterocycles. The molecule has 1 unspecified atom stereocenters. The minimum absolute atomic E-state index is 0. The van der Waals surface area contributed by atoms with E-state index in [1.54, 1.807) is 12.1 Å². The number of amides is 1. The molecule has 112 valence electrons. The highest BCUT2D eigenvalue weighted by atomic mass is 35.5. The predicted molar refractivity (Wildman–Crippen MR) is 82.8 cm³/mol. The molecule has 0 aromatic heterocycles. The van der Waals surface area contributed by atoms with E-state index in [9.17, 15) is 4.79 Å². The summed E-state index contributed by atoms with van der Waals surface area (Å²) < 4.78 is 5.68. The Morgan fingerprint density at radius 2 is 2.20 bits per heavy atom. The Bertz CT molecular complexity index is 439. The van der Waals surface area contributed by atoms with Crippen LogP contribution in [-0.2, 0) is 4.79 Å². The summed E-state index contributed by atoms with van der Waals surface area (Å²) in [6, 6.07) is 7.20. The molecule has 4 nitrogen and oxygen atoms in total. The van der Waals surface area contributed by atoms with Gasteiger partial charge in [0.05, 0.1) is 5.02 Å². The minimum atomic E-state index is -0.493. The normalized spacial score (nSPS) is 15.7. The smallest absolute Gasteiger partial charge is 0.261 e. The molecule has 1 aliphatic rings. The van der Waals surface area contributed by atoms with E-state index in [0.717, 1.165) is 13.1 Å². The van der Waals surface area contributed by atoms with E-state index in [1.165, 1.54) is 0 Å². The molecule has 1 amide bonds. The maximum atomic E-state index is 12.0. The number of carbonyl (C=O) groups is 1. The van der Waals surface area contributed by atoms with Crippen LogP contribution in [0.3, 0.4) is 0 Å². The number of benzene rings is 1. The third kappa shape index (κ3) is 4.54. The molecule has 0 radical (unpaired) electrons. The molecule has 1 atom stereocenters. The largest absolute Gasteiger partial charge is 0.479 e.